The van der Waals surface area contributed by atoms with Gasteiger partial charge in [0.15, 0.2) is 15.0 Å². The lowest BCUT2D eigenvalue weighted by atomic mass is 10.3. The zero-order valence-corrected chi connectivity index (χ0v) is 21.9. The molecular weight excluding hydrogens is 512 g/mol. The van der Waals surface area contributed by atoms with E-state index < -0.39 is 14.8 Å². The molecule has 1 aromatic heterocycles. The molecule has 0 spiro atoms. The van der Waals surface area contributed by atoms with E-state index >= 15 is 0 Å². The normalized spacial score (nSPS) is 11.8. The van der Waals surface area contributed by atoms with Crippen LogP contribution in [0.1, 0.15) is 26.7 Å². The third-order valence-corrected chi connectivity index (χ3v) is 8.72. The van der Waals surface area contributed by atoms with Gasteiger partial charge in [-0.3, -0.25) is 19.8 Å². The first-order valence-electron chi connectivity index (χ1n) is 11.2. The molecule has 0 radical (unpaired) electrons. The quantitative estimate of drug-likeness (QED) is 0.240. The highest BCUT2D eigenvalue weighted by Crippen LogP contribution is 2.32. The number of carbonyl (C=O) groups excluding carboxylic acids is 1. The minimum atomic E-state index is -3.54. The molecule has 3 rings (SSSR count). The summed E-state index contributed by atoms with van der Waals surface area (Å²) in [5, 5.41) is 12.0. The summed E-state index contributed by atoms with van der Waals surface area (Å²) in [6.07, 6.45) is 0.184. The van der Waals surface area contributed by atoms with E-state index in [2.05, 4.69) is 9.88 Å². The van der Waals surface area contributed by atoms with Crippen molar-refractivity contribution in [1.82, 2.24) is 9.88 Å². The minimum absolute atomic E-state index is 0.0289. The van der Waals surface area contributed by atoms with Crippen LogP contribution in [0.3, 0.4) is 0 Å². The molecule has 0 aliphatic carbocycles. The molecule has 3 aromatic rings. The Bertz CT molecular complexity index is 1290. The Morgan fingerprint density at radius 3 is 2.43 bits per heavy atom. The van der Waals surface area contributed by atoms with Crippen LogP contribution in [0, 0.1) is 10.1 Å². The van der Waals surface area contributed by atoms with Crippen LogP contribution >= 0.6 is 22.9 Å². The monoisotopic (exact) mass is 538 g/mol. The first-order valence-corrected chi connectivity index (χ1v) is 14.0. The van der Waals surface area contributed by atoms with E-state index in [1.165, 1.54) is 47.7 Å². The van der Waals surface area contributed by atoms with Crippen LogP contribution in [-0.4, -0.2) is 61.1 Å². The third kappa shape index (κ3) is 6.97. The molecule has 0 N–H and O–H groups in total. The van der Waals surface area contributed by atoms with Gasteiger partial charge in [0.2, 0.25) is 5.91 Å². The second-order valence-electron chi connectivity index (χ2n) is 7.85. The van der Waals surface area contributed by atoms with E-state index in [1.807, 2.05) is 13.8 Å². The fourth-order valence-corrected chi connectivity index (χ4v) is 6.03. The maximum atomic E-state index is 13.2. The predicted octanol–water partition coefficient (Wildman–Crippen LogP) is 4.79. The van der Waals surface area contributed by atoms with Crippen molar-refractivity contribution in [1.29, 1.82) is 0 Å². The Labute approximate surface area is 213 Å². The number of likely N-dealkylation sites (N-methyl/N-ethyl adjacent to an activating group) is 1. The summed E-state index contributed by atoms with van der Waals surface area (Å²) in [4.78, 5) is 32.3. The van der Waals surface area contributed by atoms with Crippen molar-refractivity contribution in [3.63, 3.8) is 0 Å². The first kappa shape index (κ1) is 27.0. The zero-order chi connectivity index (χ0) is 25.6. The average Bonchev–Trinajstić information content (AvgIpc) is 3.25. The van der Waals surface area contributed by atoms with E-state index in [-0.39, 0.29) is 35.1 Å². The molecule has 9 nitrogen and oxygen atoms in total. The van der Waals surface area contributed by atoms with Crippen molar-refractivity contribution in [3.05, 3.63) is 57.6 Å². The summed E-state index contributed by atoms with van der Waals surface area (Å²) in [6.45, 7) is 6.72. The second kappa shape index (κ2) is 11.9. The number of non-ortho nitro benzene ring substituents is 1. The molecule has 0 aliphatic heterocycles. The van der Waals surface area contributed by atoms with E-state index in [0.717, 1.165) is 13.1 Å². The number of hydrogen-bond acceptors (Lipinski definition) is 8. The minimum Gasteiger partial charge on any atom is -0.302 e. The molecule has 0 unspecified atom stereocenters. The molecule has 1 amide bonds. The number of fused-ring (bicyclic) bond motifs is 1. The molecule has 0 bridgehead atoms. The lowest BCUT2D eigenvalue weighted by Gasteiger charge is -2.24. The Morgan fingerprint density at radius 1 is 1.11 bits per heavy atom. The summed E-state index contributed by atoms with van der Waals surface area (Å²) >= 11 is 7.05. The van der Waals surface area contributed by atoms with Crippen molar-refractivity contribution >= 4 is 59.7 Å². The Hall–Kier alpha value is -2.60. The van der Waals surface area contributed by atoms with Gasteiger partial charge < -0.3 is 4.90 Å². The summed E-state index contributed by atoms with van der Waals surface area (Å²) in [7, 11) is -3.54. The molecule has 35 heavy (non-hydrogen) atoms. The number of anilines is 1. The van der Waals surface area contributed by atoms with Crippen LogP contribution in [-0.2, 0) is 14.6 Å². The number of sulfone groups is 1. The standard InChI is InChI=1S/C23H27ClN4O5S2/c1-3-26(4-2)13-14-27(23-25-20-12-9-18(28(30)31)16-21(20)34-23)22(29)6-5-15-35(32,33)19-10-7-17(24)8-11-19/h7-12,16H,3-6,13-15H2,1-2H3. The molecule has 0 saturated carbocycles. The maximum absolute atomic E-state index is 13.2. The number of halogens is 1. The number of nitro groups is 1. The molecule has 0 atom stereocenters. The van der Waals surface area contributed by atoms with Gasteiger partial charge in [0.25, 0.3) is 5.69 Å². The number of hydrogen-bond donors (Lipinski definition) is 0. The van der Waals surface area contributed by atoms with E-state index in [4.69, 9.17) is 11.6 Å². The average molecular weight is 539 g/mol. The van der Waals surface area contributed by atoms with E-state index in [1.54, 1.807) is 11.0 Å². The van der Waals surface area contributed by atoms with Crippen LogP contribution in [0.4, 0.5) is 10.8 Å². The van der Waals surface area contributed by atoms with Gasteiger partial charge in [-0.05, 0) is 49.8 Å². The van der Waals surface area contributed by atoms with Crippen LogP contribution in [0.2, 0.25) is 5.02 Å². The van der Waals surface area contributed by atoms with Crippen molar-refractivity contribution in [2.45, 2.75) is 31.6 Å². The zero-order valence-electron chi connectivity index (χ0n) is 19.5. The molecule has 2 aromatic carbocycles. The van der Waals surface area contributed by atoms with Crippen molar-refractivity contribution in [2.75, 3.05) is 36.8 Å². The lowest BCUT2D eigenvalue weighted by Crippen LogP contribution is -2.38. The number of amides is 1. The number of rotatable bonds is 12. The number of aromatic nitrogens is 1. The summed E-state index contributed by atoms with van der Waals surface area (Å²) in [5.74, 6) is -0.409. The number of thiazole rings is 1. The van der Waals surface area contributed by atoms with E-state index in [9.17, 15) is 23.3 Å². The summed E-state index contributed by atoms with van der Waals surface area (Å²) < 4.78 is 25.9. The highest BCUT2D eigenvalue weighted by atomic mass is 35.5. The maximum Gasteiger partial charge on any atom is 0.270 e. The number of carbonyl (C=O) groups is 1. The van der Waals surface area contributed by atoms with Gasteiger partial charge in [-0.1, -0.05) is 36.8 Å². The first-order chi connectivity index (χ1) is 16.6. The van der Waals surface area contributed by atoms with Gasteiger partial charge >= 0.3 is 0 Å². The van der Waals surface area contributed by atoms with Gasteiger partial charge in [-0.25, -0.2) is 13.4 Å². The molecule has 1 heterocycles. The molecule has 0 aliphatic rings. The van der Waals surface area contributed by atoms with E-state index in [0.29, 0.717) is 33.5 Å². The molecule has 188 valence electrons. The van der Waals surface area contributed by atoms with Crippen LogP contribution < -0.4 is 4.90 Å². The van der Waals surface area contributed by atoms with Gasteiger partial charge in [0, 0.05) is 36.7 Å². The Morgan fingerprint density at radius 2 is 1.80 bits per heavy atom. The summed E-state index contributed by atoms with van der Waals surface area (Å²) in [5.41, 5.74) is 0.530. The Balaban J connectivity index is 1.77. The number of nitrogens with zero attached hydrogens (tertiary/aromatic N) is 4. The van der Waals surface area contributed by atoms with Crippen molar-refractivity contribution in [2.24, 2.45) is 0 Å². The highest BCUT2D eigenvalue weighted by molar-refractivity contribution is 7.91. The molecule has 0 saturated heterocycles. The van der Waals surface area contributed by atoms with Crippen LogP contribution in [0.25, 0.3) is 10.2 Å². The van der Waals surface area contributed by atoms with Gasteiger partial charge in [0.05, 0.1) is 25.8 Å². The van der Waals surface area contributed by atoms with Crippen LogP contribution in [0.15, 0.2) is 47.4 Å². The number of benzene rings is 2. The summed E-state index contributed by atoms with van der Waals surface area (Å²) in [6, 6.07) is 10.3. The Kier molecular flexibility index (Phi) is 9.17. The molecule has 12 heteroatoms. The predicted molar refractivity (Wildman–Crippen MR) is 139 cm³/mol. The smallest absolute Gasteiger partial charge is 0.270 e. The second-order valence-corrected chi connectivity index (χ2v) is 11.4. The van der Waals surface area contributed by atoms with Crippen molar-refractivity contribution in [3.8, 4) is 0 Å². The number of nitro benzene ring substituents is 1. The lowest BCUT2D eigenvalue weighted by molar-refractivity contribution is -0.384. The molecular formula is C23H27ClN4O5S2. The fourth-order valence-electron chi connectivity index (χ4n) is 3.55. The van der Waals surface area contributed by atoms with Crippen LogP contribution in [0.5, 0.6) is 0 Å². The highest BCUT2D eigenvalue weighted by Gasteiger charge is 2.22. The van der Waals surface area contributed by atoms with Crippen molar-refractivity contribution < 1.29 is 18.1 Å². The molecule has 0 fully saturated rings. The fraction of sp³-hybridized carbons (Fsp3) is 0.391. The third-order valence-electron chi connectivity index (χ3n) is 5.61. The largest absolute Gasteiger partial charge is 0.302 e. The van der Waals surface area contributed by atoms with Gasteiger partial charge in [0.1, 0.15) is 0 Å². The topological polar surface area (TPSA) is 114 Å². The van der Waals surface area contributed by atoms with Gasteiger partial charge in [-0.15, -0.1) is 0 Å². The van der Waals surface area contributed by atoms with Gasteiger partial charge in [-0.2, -0.15) is 0 Å². The SMILES string of the molecule is CCN(CC)CCN(C(=O)CCCS(=O)(=O)c1ccc(Cl)cc1)c1nc2ccc([N+](=O)[O-])cc2s1.